The third-order valence-electron chi connectivity index (χ3n) is 14.3. The van der Waals surface area contributed by atoms with E-state index in [1.807, 2.05) is 0 Å². The van der Waals surface area contributed by atoms with Gasteiger partial charge in [-0.3, -0.25) is 0 Å². The second kappa shape index (κ2) is 14.0. The molecular formula is C62H47N. The van der Waals surface area contributed by atoms with Crippen molar-refractivity contribution in [1.29, 1.82) is 0 Å². The maximum Gasteiger partial charge on any atom is 0.0546 e. The molecule has 1 heteroatoms. The van der Waals surface area contributed by atoms with Gasteiger partial charge in [0.05, 0.1) is 5.69 Å². The molecule has 0 atom stereocenters. The van der Waals surface area contributed by atoms with Crippen molar-refractivity contribution in [3.63, 3.8) is 0 Å². The number of hydrogen-bond donors (Lipinski definition) is 0. The van der Waals surface area contributed by atoms with Gasteiger partial charge in [-0.05, 0) is 136 Å². The zero-order valence-corrected chi connectivity index (χ0v) is 36.2. The predicted octanol–water partition coefficient (Wildman–Crippen LogP) is 17.1. The number of anilines is 3. The Morgan fingerprint density at radius 1 is 0.302 bits per heavy atom. The van der Waals surface area contributed by atoms with Gasteiger partial charge in [0.15, 0.2) is 0 Å². The molecule has 0 aromatic heterocycles. The van der Waals surface area contributed by atoms with E-state index >= 15 is 0 Å². The van der Waals surface area contributed by atoms with E-state index in [2.05, 4.69) is 245 Å². The van der Waals surface area contributed by atoms with E-state index in [0.29, 0.717) is 0 Å². The van der Waals surface area contributed by atoms with E-state index < -0.39 is 0 Å². The smallest absolute Gasteiger partial charge is 0.0546 e. The normalized spacial score (nSPS) is 14.0. The minimum Gasteiger partial charge on any atom is -0.310 e. The third-order valence-corrected chi connectivity index (χ3v) is 14.3. The Morgan fingerprint density at radius 2 is 0.841 bits per heavy atom. The summed E-state index contributed by atoms with van der Waals surface area (Å²) >= 11 is 0. The number of hydrogen-bond acceptors (Lipinski definition) is 1. The fourth-order valence-electron chi connectivity index (χ4n) is 11.1. The van der Waals surface area contributed by atoms with Gasteiger partial charge in [0.1, 0.15) is 0 Å². The summed E-state index contributed by atoms with van der Waals surface area (Å²) in [5.41, 5.74) is 21.1. The maximum atomic E-state index is 2.53. The van der Waals surface area contributed by atoms with Crippen LogP contribution in [0.1, 0.15) is 49.9 Å². The Kier molecular flexibility index (Phi) is 8.30. The highest BCUT2D eigenvalue weighted by Crippen LogP contribution is 2.55. The quantitative estimate of drug-likeness (QED) is 0.151. The fourth-order valence-corrected chi connectivity index (χ4v) is 11.1. The molecule has 0 bridgehead atoms. The van der Waals surface area contributed by atoms with Crippen molar-refractivity contribution in [2.24, 2.45) is 0 Å². The molecule has 0 saturated heterocycles. The highest BCUT2D eigenvalue weighted by atomic mass is 15.1. The molecule has 10 aromatic rings. The number of nitrogens with zero attached hydrogens (tertiary/aromatic N) is 1. The van der Waals surface area contributed by atoms with Gasteiger partial charge in [-0.2, -0.15) is 0 Å². The average molecular weight is 806 g/mol. The van der Waals surface area contributed by atoms with Crippen LogP contribution in [0.4, 0.5) is 17.1 Å². The van der Waals surface area contributed by atoms with Gasteiger partial charge in [0.2, 0.25) is 0 Å². The second-order valence-electron chi connectivity index (χ2n) is 18.5. The van der Waals surface area contributed by atoms with Crippen LogP contribution in [0.25, 0.3) is 77.2 Å². The van der Waals surface area contributed by atoms with Crippen LogP contribution in [-0.4, -0.2) is 0 Å². The van der Waals surface area contributed by atoms with E-state index in [1.54, 1.807) is 0 Å². The summed E-state index contributed by atoms with van der Waals surface area (Å²) in [6, 6.07) is 79.4. The lowest BCUT2D eigenvalue weighted by molar-refractivity contribution is 0.660. The SMILES string of the molecule is CC1(C)c2ccccc2-c2ccc(-c3cccc(N(c4cccc(-c5ccccc5)c4)c4ccc5c(c4)C(C)(C)c4ccccc4-5)c3-c3cc4ccccc4c4ccccc34)cc21. The molecule has 0 fully saturated rings. The van der Waals surface area contributed by atoms with E-state index in [4.69, 9.17) is 0 Å². The monoisotopic (exact) mass is 805 g/mol. The highest BCUT2D eigenvalue weighted by molar-refractivity contribution is 6.16. The second-order valence-corrected chi connectivity index (χ2v) is 18.5. The molecular weight excluding hydrogens is 759 g/mol. The van der Waals surface area contributed by atoms with Gasteiger partial charge in [0.25, 0.3) is 0 Å². The first-order chi connectivity index (χ1) is 30.8. The first-order valence-electron chi connectivity index (χ1n) is 22.3. The molecule has 12 rings (SSSR count). The molecule has 1 nitrogen and oxygen atoms in total. The number of benzene rings is 10. The number of rotatable bonds is 6. The molecule has 0 spiro atoms. The van der Waals surface area contributed by atoms with Crippen LogP contribution in [0.5, 0.6) is 0 Å². The lowest BCUT2D eigenvalue weighted by Crippen LogP contribution is -2.17. The van der Waals surface area contributed by atoms with Crippen LogP contribution >= 0.6 is 0 Å². The van der Waals surface area contributed by atoms with Crippen molar-refractivity contribution in [2.75, 3.05) is 4.90 Å². The van der Waals surface area contributed by atoms with E-state index in [1.165, 1.54) is 99.4 Å². The fraction of sp³-hybridized carbons (Fsp3) is 0.0968. The van der Waals surface area contributed by atoms with E-state index in [-0.39, 0.29) is 10.8 Å². The third kappa shape index (κ3) is 5.69. The topological polar surface area (TPSA) is 3.24 Å². The van der Waals surface area contributed by atoms with Crippen molar-refractivity contribution < 1.29 is 0 Å². The van der Waals surface area contributed by atoms with Crippen LogP contribution in [0.3, 0.4) is 0 Å². The Labute approximate surface area is 370 Å². The molecule has 0 saturated carbocycles. The largest absolute Gasteiger partial charge is 0.310 e. The Hall–Kier alpha value is -7.48. The van der Waals surface area contributed by atoms with Crippen LogP contribution in [0.2, 0.25) is 0 Å². The van der Waals surface area contributed by atoms with Crippen molar-refractivity contribution in [3.05, 3.63) is 235 Å². The van der Waals surface area contributed by atoms with Crippen molar-refractivity contribution in [1.82, 2.24) is 0 Å². The minimum absolute atomic E-state index is 0.131. The van der Waals surface area contributed by atoms with Gasteiger partial charge in [-0.1, -0.05) is 198 Å². The summed E-state index contributed by atoms with van der Waals surface area (Å²) in [6.07, 6.45) is 0. The van der Waals surface area contributed by atoms with Crippen molar-refractivity contribution in [3.8, 4) is 55.6 Å². The van der Waals surface area contributed by atoms with E-state index in [0.717, 1.165) is 17.1 Å². The first kappa shape index (κ1) is 37.3. The van der Waals surface area contributed by atoms with Gasteiger partial charge >= 0.3 is 0 Å². The number of fused-ring (bicyclic) bond motifs is 9. The van der Waals surface area contributed by atoms with Crippen LogP contribution in [0, 0.1) is 0 Å². The summed E-state index contributed by atoms with van der Waals surface area (Å²) in [5.74, 6) is 0. The summed E-state index contributed by atoms with van der Waals surface area (Å²) in [5, 5.41) is 4.99. The lowest BCUT2D eigenvalue weighted by atomic mass is 9.81. The molecule has 300 valence electrons. The zero-order chi connectivity index (χ0) is 42.5. The van der Waals surface area contributed by atoms with Crippen LogP contribution < -0.4 is 4.90 Å². The lowest BCUT2D eigenvalue weighted by Gasteiger charge is -2.31. The Balaban J connectivity index is 1.17. The first-order valence-corrected chi connectivity index (χ1v) is 22.3. The average Bonchev–Trinajstić information content (AvgIpc) is 3.70. The van der Waals surface area contributed by atoms with Crippen LogP contribution in [-0.2, 0) is 10.8 Å². The maximum absolute atomic E-state index is 2.53. The Morgan fingerprint density at radius 3 is 1.59 bits per heavy atom. The molecule has 10 aromatic carbocycles. The van der Waals surface area contributed by atoms with Gasteiger partial charge in [-0.15, -0.1) is 0 Å². The molecule has 0 N–H and O–H groups in total. The molecule has 63 heavy (non-hydrogen) atoms. The van der Waals surface area contributed by atoms with Crippen LogP contribution in [0.15, 0.2) is 212 Å². The molecule has 0 radical (unpaired) electrons. The van der Waals surface area contributed by atoms with Gasteiger partial charge in [0, 0.05) is 27.8 Å². The molecule has 0 heterocycles. The van der Waals surface area contributed by atoms with Crippen molar-refractivity contribution >= 4 is 38.6 Å². The van der Waals surface area contributed by atoms with Gasteiger partial charge < -0.3 is 4.90 Å². The molecule has 2 aliphatic carbocycles. The summed E-state index contributed by atoms with van der Waals surface area (Å²) in [7, 11) is 0. The summed E-state index contributed by atoms with van der Waals surface area (Å²) < 4.78 is 0. The molecule has 0 amide bonds. The predicted molar refractivity (Wildman–Crippen MR) is 268 cm³/mol. The van der Waals surface area contributed by atoms with Gasteiger partial charge in [-0.25, -0.2) is 0 Å². The molecule has 0 unspecified atom stereocenters. The van der Waals surface area contributed by atoms with E-state index in [9.17, 15) is 0 Å². The summed E-state index contributed by atoms with van der Waals surface area (Å²) in [4.78, 5) is 2.53. The molecule has 0 aliphatic heterocycles. The standard InChI is InChI=1S/C62H47N/c1-61(2)55-29-14-12-26-50(55)52-34-32-43(38-57(52)61)47-28-17-31-59(60(47)54-37-42-20-8-9-23-46(42)48-24-10-11-25-49(48)54)63(44-22-16-21-41(36-44)40-18-6-5-7-19-40)45-33-35-53-51-27-13-15-30-56(51)62(3,4)58(53)39-45/h5-39H,1-4H3. The Bertz CT molecular complexity index is 3460. The highest BCUT2D eigenvalue weighted by Gasteiger charge is 2.37. The minimum atomic E-state index is -0.159. The van der Waals surface area contributed by atoms with Crippen molar-refractivity contribution in [2.45, 2.75) is 38.5 Å². The zero-order valence-electron chi connectivity index (χ0n) is 36.2. The summed E-state index contributed by atoms with van der Waals surface area (Å²) in [6.45, 7) is 9.51. The molecule has 2 aliphatic rings.